The summed E-state index contributed by atoms with van der Waals surface area (Å²) in [4.78, 5) is 16.7. The van der Waals surface area contributed by atoms with E-state index in [0.717, 1.165) is 24.6 Å². The SMILES string of the molecule is COC(=O)c1cnc(N2C[C@H](OS(=O)(=O)C(F)(F)F)C[C@H]2COC(F)F)s1. The molecule has 0 bridgehead atoms. The minimum atomic E-state index is -5.86. The molecule has 1 aromatic rings. The number of esters is 1. The highest BCUT2D eigenvalue weighted by molar-refractivity contribution is 7.87. The quantitative estimate of drug-likeness (QED) is 0.275. The fourth-order valence-electron chi connectivity index (χ4n) is 2.35. The minimum absolute atomic E-state index is 0.0632. The van der Waals surface area contributed by atoms with E-state index in [9.17, 15) is 35.2 Å². The average molecular weight is 440 g/mol. The highest BCUT2D eigenvalue weighted by Crippen LogP contribution is 2.34. The van der Waals surface area contributed by atoms with E-state index in [2.05, 4.69) is 18.6 Å². The molecule has 2 heterocycles. The summed E-state index contributed by atoms with van der Waals surface area (Å²) in [6, 6.07) is -0.941. The van der Waals surface area contributed by atoms with Crippen LogP contribution in [0.25, 0.3) is 0 Å². The van der Waals surface area contributed by atoms with E-state index >= 15 is 0 Å². The molecule has 0 spiro atoms. The van der Waals surface area contributed by atoms with Crippen molar-refractivity contribution in [2.24, 2.45) is 0 Å². The Balaban J connectivity index is 2.20. The van der Waals surface area contributed by atoms with E-state index in [1.807, 2.05) is 0 Å². The lowest BCUT2D eigenvalue weighted by atomic mass is 10.2. The molecule has 1 aromatic heterocycles. The predicted molar refractivity (Wildman–Crippen MR) is 81.0 cm³/mol. The van der Waals surface area contributed by atoms with Crippen molar-refractivity contribution in [2.45, 2.75) is 30.7 Å². The van der Waals surface area contributed by atoms with Gasteiger partial charge < -0.3 is 14.4 Å². The first-order chi connectivity index (χ1) is 12.4. The second kappa shape index (κ2) is 8.20. The molecule has 0 radical (unpaired) electrons. The first-order valence-corrected chi connectivity index (χ1v) is 9.37. The monoisotopic (exact) mass is 440 g/mol. The van der Waals surface area contributed by atoms with Crippen molar-refractivity contribution in [3.05, 3.63) is 11.1 Å². The maximum atomic E-state index is 12.5. The molecule has 1 aliphatic heterocycles. The first-order valence-electron chi connectivity index (χ1n) is 7.14. The van der Waals surface area contributed by atoms with Crippen LogP contribution in [0.2, 0.25) is 0 Å². The highest BCUT2D eigenvalue weighted by atomic mass is 32.2. The maximum absolute atomic E-state index is 12.5. The van der Waals surface area contributed by atoms with Crippen LogP contribution in [0.3, 0.4) is 0 Å². The summed E-state index contributed by atoms with van der Waals surface area (Å²) < 4.78 is 97.2. The molecule has 2 atom stereocenters. The number of hydrogen-bond donors (Lipinski definition) is 0. The standard InChI is InChI=1S/C12H13F5N2O6S2/c1-23-9(20)8-3-18-11(26-8)19-4-7(2-6(19)5-24-10(13)14)25-27(21,22)12(15,16)17/h3,6-7,10H,2,4-5H2,1H3/t6-,7+/m0/s1. The average Bonchev–Trinajstić information content (AvgIpc) is 3.17. The van der Waals surface area contributed by atoms with E-state index in [-0.39, 0.29) is 23.0 Å². The number of hydrogen-bond acceptors (Lipinski definition) is 9. The highest BCUT2D eigenvalue weighted by Gasteiger charge is 2.50. The van der Waals surface area contributed by atoms with Crippen molar-refractivity contribution >= 4 is 32.6 Å². The van der Waals surface area contributed by atoms with Crippen LogP contribution in [-0.4, -0.2) is 63.9 Å². The minimum Gasteiger partial charge on any atom is -0.465 e. The van der Waals surface area contributed by atoms with Gasteiger partial charge in [0.25, 0.3) is 0 Å². The molecule has 0 saturated carbocycles. The van der Waals surface area contributed by atoms with Gasteiger partial charge in [-0.15, -0.1) is 0 Å². The van der Waals surface area contributed by atoms with Crippen LogP contribution in [-0.2, 0) is 23.8 Å². The molecule has 0 aliphatic carbocycles. The number of carbonyl (C=O) groups is 1. The van der Waals surface area contributed by atoms with Gasteiger partial charge in [0.15, 0.2) is 5.13 Å². The topological polar surface area (TPSA) is 95.0 Å². The molecule has 1 saturated heterocycles. The van der Waals surface area contributed by atoms with Crippen molar-refractivity contribution in [2.75, 3.05) is 25.2 Å². The summed E-state index contributed by atoms with van der Waals surface area (Å²) in [5, 5.41) is 0.0915. The number of methoxy groups -OCH3 is 1. The third-order valence-corrected chi connectivity index (χ3v) is 5.57. The van der Waals surface area contributed by atoms with Gasteiger partial charge in [-0.05, 0) is 6.42 Å². The van der Waals surface area contributed by atoms with E-state index in [1.165, 1.54) is 4.90 Å². The van der Waals surface area contributed by atoms with Gasteiger partial charge in [0, 0.05) is 6.54 Å². The normalized spacial score (nSPS) is 21.1. The molecule has 0 aromatic carbocycles. The molecule has 27 heavy (non-hydrogen) atoms. The smallest absolute Gasteiger partial charge is 0.465 e. The summed E-state index contributed by atoms with van der Waals surface area (Å²) in [6.07, 6.45) is -0.666. The number of halogens is 5. The molecule has 2 rings (SSSR count). The molecule has 15 heteroatoms. The van der Waals surface area contributed by atoms with Gasteiger partial charge in [0.2, 0.25) is 0 Å². The number of nitrogens with zero attached hydrogens (tertiary/aromatic N) is 2. The Labute approximate surface area is 153 Å². The van der Waals surface area contributed by atoms with Crippen LogP contribution in [0.1, 0.15) is 16.1 Å². The molecular formula is C12H13F5N2O6S2. The molecule has 0 N–H and O–H groups in total. The second-order valence-corrected chi connectivity index (χ2v) is 7.83. The Bertz CT molecular complexity index is 769. The fourth-order valence-corrected chi connectivity index (χ4v) is 3.87. The maximum Gasteiger partial charge on any atom is 0.523 e. The van der Waals surface area contributed by atoms with E-state index in [4.69, 9.17) is 0 Å². The summed E-state index contributed by atoms with van der Waals surface area (Å²) in [7, 11) is -4.73. The predicted octanol–water partition coefficient (Wildman–Crippen LogP) is 1.98. The number of rotatable bonds is 7. The molecule has 154 valence electrons. The van der Waals surface area contributed by atoms with Crippen LogP contribution in [0.15, 0.2) is 6.20 Å². The van der Waals surface area contributed by atoms with Gasteiger partial charge in [-0.1, -0.05) is 11.3 Å². The summed E-state index contributed by atoms with van der Waals surface area (Å²) in [6.45, 7) is -4.13. The fraction of sp³-hybridized carbons (Fsp3) is 0.667. The van der Waals surface area contributed by atoms with Crippen molar-refractivity contribution in [1.82, 2.24) is 4.98 Å². The van der Waals surface area contributed by atoms with E-state index in [0.29, 0.717) is 0 Å². The Morgan fingerprint density at radius 2 is 2.11 bits per heavy atom. The third-order valence-electron chi connectivity index (χ3n) is 3.46. The Kier molecular flexibility index (Phi) is 6.59. The van der Waals surface area contributed by atoms with Gasteiger partial charge in [-0.25, -0.2) is 9.78 Å². The summed E-state index contributed by atoms with van der Waals surface area (Å²) >= 11 is 0.796. The van der Waals surface area contributed by atoms with Gasteiger partial charge in [0.05, 0.1) is 32.1 Å². The zero-order chi connectivity index (χ0) is 20.4. The zero-order valence-electron chi connectivity index (χ0n) is 13.5. The number of anilines is 1. The third kappa shape index (κ3) is 5.24. The molecule has 1 aliphatic rings. The number of carbonyl (C=O) groups excluding carboxylic acids is 1. The Hall–Kier alpha value is -1.58. The van der Waals surface area contributed by atoms with Crippen LogP contribution in [0.4, 0.5) is 27.1 Å². The largest absolute Gasteiger partial charge is 0.523 e. The van der Waals surface area contributed by atoms with Gasteiger partial charge in [0.1, 0.15) is 4.88 Å². The number of thiazole rings is 1. The lowest BCUT2D eigenvalue weighted by Crippen LogP contribution is -2.34. The van der Waals surface area contributed by atoms with Crippen LogP contribution in [0.5, 0.6) is 0 Å². The van der Waals surface area contributed by atoms with Gasteiger partial charge in [-0.3, -0.25) is 4.18 Å². The molecular weight excluding hydrogens is 427 g/mol. The lowest BCUT2D eigenvalue weighted by molar-refractivity contribution is -0.131. The van der Waals surface area contributed by atoms with Crippen LogP contribution >= 0.6 is 11.3 Å². The molecule has 0 amide bonds. The molecule has 0 unspecified atom stereocenters. The Morgan fingerprint density at radius 3 is 2.67 bits per heavy atom. The van der Waals surface area contributed by atoms with Crippen molar-refractivity contribution < 1.29 is 48.8 Å². The molecule has 1 fully saturated rings. The lowest BCUT2D eigenvalue weighted by Gasteiger charge is -2.23. The summed E-state index contributed by atoms with van der Waals surface area (Å²) in [5.74, 6) is -0.717. The number of ether oxygens (including phenoxy) is 2. The second-order valence-electron chi connectivity index (χ2n) is 5.25. The van der Waals surface area contributed by atoms with Crippen LogP contribution < -0.4 is 4.90 Å². The summed E-state index contributed by atoms with van der Waals surface area (Å²) in [5.41, 5.74) is -5.62. The first kappa shape index (κ1) is 21.7. The van der Waals surface area contributed by atoms with Gasteiger partial charge in [-0.2, -0.15) is 30.4 Å². The number of alkyl halides is 5. The van der Waals surface area contributed by atoms with Crippen LogP contribution in [0, 0.1) is 0 Å². The van der Waals surface area contributed by atoms with E-state index in [1.54, 1.807) is 0 Å². The van der Waals surface area contributed by atoms with Crippen molar-refractivity contribution in [1.29, 1.82) is 0 Å². The zero-order valence-corrected chi connectivity index (χ0v) is 15.1. The van der Waals surface area contributed by atoms with Crippen molar-refractivity contribution in [3.8, 4) is 0 Å². The Morgan fingerprint density at radius 1 is 1.44 bits per heavy atom. The number of aromatic nitrogens is 1. The van der Waals surface area contributed by atoms with E-state index < -0.39 is 47.0 Å². The van der Waals surface area contributed by atoms with Crippen molar-refractivity contribution in [3.63, 3.8) is 0 Å². The van der Waals surface area contributed by atoms with Gasteiger partial charge >= 0.3 is 28.2 Å². The molecule has 8 nitrogen and oxygen atoms in total.